The van der Waals surface area contributed by atoms with Crippen LogP contribution in [-0.2, 0) is 6.42 Å². The average molecular weight is 236 g/mol. The molecule has 2 nitrogen and oxygen atoms in total. The number of benzene rings is 2. The normalized spacial score (nSPS) is 12.7. The highest BCUT2D eigenvalue weighted by molar-refractivity contribution is 5.83. The van der Waals surface area contributed by atoms with Crippen LogP contribution >= 0.6 is 0 Å². The summed E-state index contributed by atoms with van der Waals surface area (Å²) in [6, 6.07) is 18.6. The van der Waals surface area contributed by atoms with Crippen LogP contribution in [0, 0.1) is 0 Å². The Bertz CT molecular complexity index is 640. The zero-order valence-corrected chi connectivity index (χ0v) is 10.1. The molecule has 18 heavy (non-hydrogen) atoms. The molecule has 1 heterocycles. The lowest BCUT2D eigenvalue weighted by atomic mass is 9.99. The van der Waals surface area contributed by atoms with Crippen LogP contribution in [0.5, 0.6) is 0 Å². The molecule has 3 rings (SSSR count). The van der Waals surface area contributed by atoms with Crippen molar-refractivity contribution in [3.05, 3.63) is 71.9 Å². The van der Waals surface area contributed by atoms with Crippen LogP contribution in [0.25, 0.3) is 10.9 Å². The maximum absolute atomic E-state index is 6.26. The number of H-pyrrole nitrogens is 1. The van der Waals surface area contributed by atoms with Gasteiger partial charge in [-0.1, -0.05) is 48.5 Å². The number of aromatic amines is 1. The number of rotatable bonds is 3. The third-order valence-electron chi connectivity index (χ3n) is 3.34. The second-order valence-corrected chi connectivity index (χ2v) is 4.58. The van der Waals surface area contributed by atoms with Crippen molar-refractivity contribution in [3.63, 3.8) is 0 Å². The molecule has 1 aromatic heterocycles. The quantitative estimate of drug-likeness (QED) is 0.719. The van der Waals surface area contributed by atoms with E-state index in [0.29, 0.717) is 0 Å². The summed E-state index contributed by atoms with van der Waals surface area (Å²) >= 11 is 0. The minimum absolute atomic E-state index is 0.0467. The largest absolute Gasteiger partial charge is 0.361 e. The summed E-state index contributed by atoms with van der Waals surface area (Å²) in [7, 11) is 0. The molecular formula is C16H16N2. The van der Waals surface area contributed by atoms with Crippen molar-refractivity contribution in [2.45, 2.75) is 12.5 Å². The highest BCUT2D eigenvalue weighted by Gasteiger charge is 2.09. The molecule has 0 radical (unpaired) electrons. The lowest BCUT2D eigenvalue weighted by Crippen LogP contribution is -2.12. The Balaban J connectivity index is 1.89. The number of aromatic nitrogens is 1. The van der Waals surface area contributed by atoms with Gasteiger partial charge in [-0.2, -0.15) is 0 Å². The third kappa shape index (κ3) is 2.03. The first-order valence-electron chi connectivity index (χ1n) is 6.20. The van der Waals surface area contributed by atoms with Gasteiger partial charge in [-0.25, -0.2) is 0 Å². The molecule has 0 fully saturated rings. The molecule has 0 bridgehead atoms. The molecule has 0 aliphatic heterocycles. The fourth-order valence-corrected chi connectivity index (χ4v) is 2.36. The molecule has 2 aromatic carbocycles. The molecule has 0 aliphatic rings. The topological polar surface area (TPSA) is 41.8 Å². The van der Waals surface area contributed by atoms with Crippen LogP contribution in [0.4, 0.5) is 0 Å². The standard InChI is InChI=1S/C16H16N2/c17-15(12-6-2-1-3-7-12)10-13-11-18-16-9-5-4-8-14(13)16/h1-9,11,15,18H,10,17H2/t15-/m0/s1. The van der Waals surface area contributed by atoms with E-state index in [2.05, 4.69) is 41.5 Å². The van der Waals surface area contributed by atoms with Gasteiger partial charge < -0.3 is 10.7 Å². The fraction of sp³-hybridized carbons (Fsp3) is 0.125. The van der Waals surface area contributed by atoms with E-state index in [9.17, 15) is 0 Å². The predicted octanol–water partition coefficient (Wildman–Crippen LogP) is 3.41. The van der Waals surface area contributed by atoms with E-state index in [0.717, 1.165) is 6.42 Å². The number of nitrogens with one attached hydrogen (secondary N) is 1. The van der Waals surface area contributed by atoms with Gasteiger partial charge in [0, 0.05) is 23.1 Å². The number of hydrogen-bond acceptors (Lipinski definition) is 1. The van der Waals surface area contributed by atoms with Gasteiger partial charge in [-0.3, -0.25) is 0 Å². The van der Waals surface area contributed by atoms with E-state index in [4.69, 9.17) is 5.73 Å². The van der Waals surface area contributed by atoms with E-state index in [1.807, 2.05) is 24.3 Å². The maximum Gasteiger partial charge on any atom is 0.0456 e. The minimum atomic E-state index is 0.0467. The molecule has 0 unspecified atom stereocenters. The summed E-state index contributed by atoms with van der Waals surface area (Å²) in [5, 5.41) is 1.27. The van der Waals surface area contributed by atoms with Crippen molar-refractivity contribution >= 4 is 10.9 Å². The molecule has 2 heteroatoms. The van der Waals surface area contributed by atoms with Crippen LogP contribution in [0.2, 0.25) is 0 Å². The lowest BCUT2D eigenvalue weighted by molar-refractivity contribution is 0.725. The van der Waals surface area contributed by atoms with Crippen molar-refractivity contribution < 1.29 is 0 Å². The molecule has 1 atom stereocenters. The molecule has 0 spiro atoms. The molecule has 3 aromatic rings. The average Bonchev–Trinajstić information content (AvgIpc) is 2.83. The van der Waals surface area contributed by atoms with Crippen LogP contribution < -0.4 is 5.73 Å². The Labute approximate surface area is 106 Å². The summed E-state index contributed by atoms with van der Waals surface area (Å²) in [5.41, 5.74) is 9.90. The predicted molar refractivity (Wildman–Crippen MR) is 75.4 cm³/mol. The van der Waals surface area contributed by atoms with E-state index >= 15 is 0 Å². The molecule has 0 saturated heterocycles. The van der Waals surface area contributed by atoms with Crippen molar-refractivity contribution in [1.29, 1.82) is 0 Å². The molecular weight excluding hydrogens is 220 g/mol. The monoisotopic (exact) mass is 236 g/mol. The van der Waals surface area contributed by atoms with Crippen molar-refractivity contribution in [2.24, 2.45) is 5.73 Å². The van der Waals surface area contributed by atoms with E-state index in [1.54, 1.807) is 0 Å². The minimum Gasteiger partial charge on any atom is -0.361 e. The first-order valence-corrected chi connectivity index (χ1v) is 6.20. The Morgan fingerprint density at radius 1 is 0.944 bits per heavy atom. The second-order valence-electron chi connectivity index (χ2n) is 4.58. The number of nitrogens with two attached hydrogens (primary N) is 1. The Kier molecular flexibility index (Phi) is 2.87. The van der Waals surface area contributed by atoms with Gasteiger partial charge in [-0.05, 0) is 23.6 Å². The van der Waals surface area contributed by atoms with Gasteiger partial charge in [0.1, 0.15) is 0 Å². The maximum atomic E-state index is 6.26. The zero-order chi connectivity index (χ0) is 12.4. The summed E-state index contributed by atoms with van der Waals surface area (Å²) in [5.74, 6) is 0. The fourth-order valence-electron chi connectivity index (χ4n) is 2.36. The Morgan fingerprint density at radius 2 is 1.67 bits per heavy atom. The molecule has 0 amide bonds. The Hall–Kier alpha value is -2.06. The highest BCUT2D eigenvalue weighted by Crippen LogP contribution is 2.22. The van der Waals surface area contributed by atoms with Gasteiger partial charge in [0.15, 0.2) is 0 Å². The van der Waals surface area contributed by atoms with Crippen molar-refractivity contribution in [2.75, 3.05) is 0 Å². The van der Waals surface area contributed by atoms with E-state index in [-0.39, 0.29) is 6.04 Å². The van der Waals surface area contributed by atoms with Crippen LogP contribution in [-0.4, -0.2) is 4.98 Å². The van der Waals surface area contributed by atoms with Crippen LogP contribution in [0.15, 0.2) is 60.8 Å². The van der Waals surface area contributed by atoms with Crippen molar-refractivity contribution in [3.8, 4) is 0 Å². The lowest BCUT2D eigenvalue weighted by Gasteiger charge is -2.11. The number of hydrogen-bond donors (Lipinski definition) is 2. The van der Waals surface area contributed by atoms with Gasteiger partial charge in [0.25, 0.3) is 0 Å². The van der Waals surface area contributed by atoms with Crippen molar-refractivity contribution in [1.82, 2.24) is 4.98 Å². The first kappa shape index (κ1) is 11.1. The van der Waals surface area contributed by atoms with Gasteiger partial charge in [0.05, 0.1) is 0 Å². The van der Waals surface area contributed by atoms with Crippen LogP contribution in [0.1, 0.15) is 17.2 Å². The highest BCUT2D eigenvalue weighted by atomic mass is 14.7. The van der Waals surface area contributed by atoms with Gasteiger partial charge >= 0.3 is 0 Å². The van der Waals surface area contributed by atoms with Crippen LogP contribution in [0.3, 0.4) is 0 Å². The summed E-state index contributed by atoms with van der Waals surface area (Å²) in [6.45, 7) is 0. The number of para-hydroxylation sites is 1. The summed E-state index contributed by atoms with van der Waals surface area (Å²) < 4.78 is 0. The van der Waals surface area contributed by atoms with E-state index < -0.39 is 0 Å². The number of fused-ring (bicyclic) bond motifs is 1. The van der Waals surface area contributed by atoms with Gasteiger partial charge in [0.2, 0.25) is 0 Å². The second kappa shape index (κ2) is 4.67. The molecule has 0 saturated carbocycles. The smallest absolute Gasteiger partial charge is 0.0456 e. The van der Waals surface area contributed by atoms with E-state index in [1.165, 1.54) is 22.0 Å². The molecule has 3 N–H and O–H groups in total. The molecule has 90 valence electrons. The first-order chi connectivity index (χ1) is 8.84. The Morgan fingerprint density at radius 3 is 2.50 bits per heavy atom. The van der Waals surface area contributed by atoms with Gasteiger partial charge in [-0.15, -0.1) is 0 Å². The molecule has 0 aliphatic carbocycles. The third-order valence-corrected chi connectivity index (χ3v) is 3.34. The summed E-state index contributed by atoms with van der Waals surface area (Å²) in [4.78, 5) is 3.29. The zero-order valence-electron chi connectivity index (χ0n) is 10.1. The summed E-state index contributed by atoms with van der Waals surface area (Å²) in [6.07, 6.45) is 2.92. The SMILES string of the molecule is N[C@@H](Cc1c[nH]c2ccccc12)c1ccccc1.